The van der Waals surface area contributed by atoms with E-state index in [-0.39, 0.29) is 11.9 Å². The monoisotopic (exact) mass is 284 g/mol. The quantitative estimate of drug-likeness (QED) is 0.749. The number of carbonyl (C=O) groups is 1. The lowest BCUT2D eigenvalue weighted by molar-refractivity contribution is -0.144. The summed E-state index contributed by atoms with van der Waals surface area (Å²) in [6.45, 7) is 2.43. The number of piperidine rings is 1. The number of amides is 1. The molecule has 2 aliphatic heterocycles. The summed E-state index contributed by atoms with van der Waals surface area (Å²) >= 11 is 1.86. The zero-order chi connectivity index (χ0) is 13.3. The van der Waals surface area contributed by atoms with Crippen molar-refractivity contribution in [2.45, 2.75) is 43.7 Å². The van der Waals surface area contributed by atoms with Crippen LogP contribution in [0.15, 0.2) is 0 Å². The van der Waals surface area contributed by atoms with Gasteiger partial charge in [0.15, 0.2) is 0 Å². The van der Waals surface area contributed by atoms with E-state index in [1.807, 2.05) is 16.7 Å². The molecule has 3 fully saturated rings. The van der Waals surface area contributed by atoms with Crippen LogP contribution in [-0.2, 0) is 4.79 Å². The minimum atomic E-state index is -0.482. The third-order valence-electron chi connectivity index (χ3n) is 4.96. The van der Waals surface area contributed by atoms with Crippen LogP contribution in [-0.4, -0.2) is 58.7 Å². The van der Waals surface area contributed by atoms with Gasteiger partial charge in [-0.15, -0.1) is 0 Å². The maximum atomic E-state index is 12.5. The number of nitrogens with zero attached hydrogens (tertiary/aromatic N) is 1. The first-order chi connectivity index (χ1) is 9.19. The number of likely N-dealkylation sites (tertiary alicyclic amines) is 1. The van der Waals surface area contributed by atoms with Crippen LogP contribution in [0, 0.1) is 5.92 Å². The number of thioether (sulfide) groups is 1. The van der Waals surface area contributed by atoms with Crippen LogP contribution in [0.5, 0.6) is 0 Å². The van der Waals surface area contributed by atoms with Crippen molar-refractivity contribution < 1.29 is 9.90 Å². The van der Waals surface area contributed by atoms with Crippen molar-refractivity contribution in [3.8, 4) is 0 Å². The van der Waals surface area contributed by atoms with Gasteiger partial charge in [-0.1, -0.05) is 12.8 Å². The first kappa shape index (κ1) is 13.7. The van der Waals surface area contributed by atoms with E-state index in [9.17, 15) is 9.90 Å². The van der Waals surface area contributed by atoms with Gasteiger partial charge < -0.3 is 15.3 Å². The summed E-state index contributed by atoms with van der Waals surface area (Å²) in [6.07, 6.45) is 5.11. The lowest BCUT2D eigenvalue weighted by Gasteiger charge is -2.48. The summed E-state index contributed by atoms with van der Waals surface area (Å²) in [4.78, 5) is 14.5. The van der Waals surface area contributed by atoms with E-state index in [1.165, 1.54) is 6.42 Å². The standard InChI is InChI=1S/C14H24N2O2S/c17-13(12-10-19-8-6-15-12)16-7-5-14(18)4-2-1-3-11(14)9-16/h11-12,15,18H,1-10H2. The molecule has 0 aromatic rings. The van der Waals surface area contributed by atoms with Crippen LogP contribution in [0.4, 0.5) is 0 Å². The van der Waals surface area contributed by atoms with Crippen LogP contribution < -0.4 is 5.32 Å². The van der Waals surface area contributed by atoms with Crippen molar-refractivity contribution in [3.05, 3.63) is 0 Å². The third kappa shape index (κ3) is 2.78. The average molecular weight is 284 g/mol. The van der Waals surface area contributed by atoms with E-state index in [1.54, 1.807) is 0 Å². The molecule has 0 aromatic carbocycles. The van der Waals surface area contributed by atoms with E-state index in [0.717, 1.165) is 56.8 Å². The number of aliphatic hydroxyl groups is 1. The lowest BCUT2D eigenvalue weighted by atomic mass is 9.71. The number of carbonyl (C=O) groups excluding carboxylic acids is 1. The number of nitrogens with one attached hydrogen (secondary N) is 1. The molecule has 2 saturated heterocycles. The molecule has 1 saturated carbocycles. The zero-order valence-corrected chi connectivity index (χ0v) is 12.3. The van der Waals surface area contributed by atoms with Crippen LogP contribution in [0.1, 0.15) is 32.1 Å². The first-order valence-corrected chi connectivity index (χ1v) is 8.67. The molecule has 4 nitrogen and oxygen atoms in total. The molecule has 3 atom stereocenters. The highest BCUT2D eigenvalue weighted by Gasteiger charge is 2.44. The molecule has 0 spiro atoms. The van der Waals surface area contributed by atoms with Gasteiger partial charge in [0.1, 0.15) is 0 Å². The molecular weight excluding hydrogens is 260 g/mol. The summed E-state index contributed by atoms with van der Waals surface area (Å²) in [5.74, 6) is 2.55. The normalized spacial score (nSPS) is 39.7. The predicted molar refractivity (Wildman–Crippen MR) is 77.2 cm³/mol. The summed E-state index contributed by atoms with van der Waals surface area (Å²) in [6, 6.07) is -0.00599. The number of hydrogen-bond acceptors (Lipinski definition) is 4. The minimum Gasteiger partial charge on any atom is -0.389 e. The highest BCUT2D eigenvalue weighted by molar-refractivity contribution is 7.99. The summed E-state index contributed by atoms with van der Waals surface area (Å²) in [5.41, 5.74) is -0.482. The van der Waals surface area contributed by atoms with Crippen molar-refractivity contribution in [2.24, 2.45) is 5.92 Å². The van der Waals surface area contributed by atoms with Crippen LogP contribution in [0.25, 0.3) is 0 Å². The Hall–Kier alpha value is -0.260. The molecule has 19 heavy (non-hydrogen) atoms. The van der Waals surface area contributed by atoms with Crippen LogP contribution in [0.3, 0.4) is 0 Å². The van der Waals surface area contributed by atoms with Gasteiger partial charge in [0.05, 0.1) is 11.6 Å². The SMILES string of the molecule is O=C(C1CSCCN1)N1CCC2(O)CCCCC2C1. The second-order valence-corrected chi connectivity index (χ2v) is 7.31. The number of fused-ring (bicyclic) bond motifs is 1. The fourth-order valence-corrected chi connectivity index (χ4v) is 4.64. The molecule has 2 heterocycles. The molecule has 108 valence electrons. The van der Waals surface area contributed by atoms with Gasteiger partial charge in [-0.3, -0.25) is 4.79 Å². The summed E-state index contributed by atoms with van der Waals surface area (Å²) in [7, 11) is 0. The number of rotatable bonds is 1. The molecule has 2 N–H and O–H groups in total. The molecule has 3 aliphatic rings. The van der Waals surface area contributed by atoms with E-state index < -0.39 is 5.60 Å². The first-order valence-electron chi connectivity index (χ1n) is 7.51. The zero-order valence-electron chi connectivity index (χ0n) is 11.4. The largest absolute Gasteiger partial charge is 0.389 e. The molecule has 3 rings (SSSR count). The smallest absolute Gasteiger partial charge is 0.240 e. The molecule has 1 amide bonds. The Labute approximate surface area is 119 Å². The number of hydrogen-bond donors (Lipinski definition) is 2. The molecule has 5 heteroatoms. The highest BCUT2D eigenvalue weighted by atomic mass is 32.2. The summed E-state index contributed by atoms with van der Waals surface area (Å²) < 4.78 is 0. The lowest BCUT2D eigenvalue weighted by Crippen LogP contribution is -2.58. The molecule has 1 aliphatic carbocycles. The Morgan fingerprint density at radius 3 is 3.05 bits per heavy atom. The van der Waals surface area contributed by atoms with Crippen molar-refractivity contribution in [1.82, 2.24) is 10.2 Å². The van der Waals surface area contributed by atoms with Gasteiger partial charge in [-0.05, 0) is 19.3 Å². The van der Waals surface area contributed by atoms with Crippen molar-refractivity contribution in [1.29, 1.82) is 0 Å². The Morgan fingerprint density at radius 1 is 1.37 bits per heavy atom. The van der Waals surface area contributed by atoms with Gasteiger partial charge >= 0.3 is 0 Å². The average Bonchev–Trinajstić information content (AvgIpc) is 2.46. The molecular formula is C14H24N2O2S. The van der Waals surface area contributed by atoms with Gasteiger partial charge in [-0.25, -0.2) is 0 Å². The maximum Gasteiger partial charge on any atom is 0.240 e. The van der Waals surface area contributed by atoms with Gasteiger partial charge in [0, 0.05) is 37.1 Å². The van der Waals surface area contributed by atoms with Crippen molar-refractivity contribution in [3.63, 3.8) is 0 Å². The highest BCUT2D eigenvalue weighted by Crippen LogP contribution is 2.39. The Bertz CT molecular complexity index is 346. The molecule has 0 bridgehead atoms. The third-order valence-corrected chi connectivity index (χ3v) is 6.02. The van der Waals surface area contributed by atoms with Crippen molar-refractivity contribution in [2.75, 3.05) is 31.1 Å². The summed E-state index contributed by atoms with van der Waals surface area (Å²) in [5, 5.41) is 14.0. The predicted octanol–water partition coefficient (Wildman–Crippen LogP) is 0.845. The Balaban J connectivity index is 1.62. The van der Waals surface area contributed by atoms with Gasteiger partial charge in [0.25, 0.3) is 0 Å². The second-order valence-electron chi connectivity index (χ2n) is 6.16. The molecule has 0 radical (unpaired) electrons. The maximum absolute atomic E-state index is 12.5. The van der Waals surface area contributed by atoms with E-state index in [2.05, 4.69) is 5.32 Å². The van der Waals surface area contributed by atoms with Gasteiger partial charge in [0.2, 0.25) is 5.91 Å². The molecule has 0 aromatic heterocycles. The Kier molecular flexibility index (Phi) is 4.06. The Morgan fingerprint density at radius 2 is 2.26 bits per heavy atom. The fourth-order valence-electron chi connectivity index (χ4n) is 3.72. The fraction of sp³-hybridized carbons (Fsp3) is 0.929. The van der Waals surface area contributed by atoms with E-state index in [0.29, 0.717) is 5.92 Å². The van der Waals surface area contributed by atoms with Crippen LogP contribution in [0.2, 0.25) is 0 Å². The van der Waals surface area contributed by atoms with Crippen LogP contribution >= 0.6 is 11.8 Å². The van der Waals surface area contributed by atoms with Crippen molar-refractivity contribution >= 4 is 17.7 Å². The minimum absolute atomic E-state index is 0.00599. The molecule has 3 unspecified atom stereocenters. The topological polar surface area (TPSA) is 52.6 Å². The van der Waals surface area contributed by atoms with Gasteiger partial charge in [-0.2, -0.15) is 11.8 Å². The second kappa shape index (κ2) is 5.62. The van der Waals surface area contributed by atoms with E-state index >= 15 is 0 Å². The van der Waals surface area contributed by atoms with E-state index in [4.69, 9.17) is 0 Å².